The quantitative estimate of drug-likeness (QED) is 0.0416. The summed E-state index contributed by atoms with van der Waals surface area (Å²) < 4.78 is 23.4. The van der Waals surface area contributed by atoms with Crippen molar-refractivity contribution in [3.05, 3.63) is 214 Å². The predicted molar refractivity (Wildman–Crippen MR) is 345 cm³/mol. The van der Waals surface area contributed by atoms with Gasteiger partial charge in [-0.15, -0.1) is 0 Å². The maximum atomic E-state index is 11.1. The second-order valence-corrected chi connectivity index (χ2v) is 24.0. The Hall–Kier alpha value is -9.64. The maximum absolute atomic E-state index is 11.1. The molecule has 8 aromatic carbocycles. The van der Waals surface area contributed by atoms with Crippen LogP contribution >= 0.6 is 0 Å². The Morgan fingerprint density at radius 3 is 0.640 bits per heavy atom. The molecular weight excluding hydrogens is 1180 g/mol. The average molecular weight is 1250 g/mol. The molecule has 0 aliphatic heterocycles. The number of hydrogen-bond acceptors (Lipinski definition) is 8. The van der Waals surface area contributed by atoms with Crippen LogP contribution in [0.5, 0.6) is 23.0 Å². The molecule has 0 spiro atoms. The first-order valence-electron chi connectivity index (χ1n) is 28.4. The Kier molecular flexibility index (Phi) is 25.3. The molecule has 4 N–H and O–H groups in total. The molecule has 1 radical (unpaired) electrons. The van der Waals surface area contributed by atoms with E-state index in [2.05, 4.69) is 19.4 Å². The van der Waals surface area contributed by atoms with Crippen LogP contribution < -0.4 is 18.9 Å². The predicted octanol–water partition coefficient (Wildman–Crippen LogP) is 16.4. The van der Waals surface area contributed by atoms with Crippen LogP contribution in [0.15, 0.2) is 146 Å². The summed E-state index contributed by atoms with van der Waals surface area (Å²) in [5, 5.41) is 44.2. The van der Waals surface area contributed by atoms with Gasteiger partial charge in [-0.25, -0.2) is 26.3 Å². The van der Waals surface area contributed by atoms with Gasteiger partial charge >= 0.3 is 23.9 Å². The van der Waals surface area contributed by atoms with Crippen LogP contribution in [0, 0.1) is 26.3 Å². The fourth-order valence-electron chi connectivity index (χ4n) is 9.04. The Bertz CT molecular complexity index is 3500. The van der Waals surface area contributed by atoms with Crippen molar-refractivity contribution in [3.8, 4) is 23.0 Å². The Labute approximate surface area is 531 Å². The summed E-state index contributed by atoms with van der Waals surface area (Å²) in [5.41, 5.74) is 0.980. The Morgan fingerprint density at radius 2 is 0.483 bits per heavy atom. The number of hydrogen-bond donors (Lipinski definition) is 4. The first-order valence-corrected chi connectivity index (χ1v) is 28.4. The van der Waals surface area contributed by atoms with Gasteiger partial charge in [0, 0.05) is 17.1 Å². The van der Waals surface area contributed by atoms with E-state index >= 15 is 0 Å². The van der Waals surface area contributed by atoms with E-state index in [0.717, 1.165) is 65.3 Å². The van der Waals surface area contributed by atoms with Crippen LogP contribution in [0.4, 0.5) is 0 Å². The first kappa shape index (κ1) is 71.8. The van der Waals surface area contributed by atoms with Crippen molar-refractivity contribution in [2.45, 2.75) is 129 Å². The third kappa shape index (κ3) is 21.3. The van der Waals surface area contributed by atoms with Gasteiger partial charge in [-0.1, -0.05) is 97.1 Å². The molecule has 0 saturated carbocycles. The van der Waals surface area contributed by atoms with Crippen molar-refractivity contribution in [2.24, 2.45) is 0 Å². The molecule has 17 heteroatoms. The minimum Gasteiger partial charge on any atom is -0.481 e. The molecular formula is C72H76CuN4O12. The van der Waals surface area contributed by atoms with Crippen LogP contribution in [0.3, 0.4) is 0 Å². The molecule has 8 aromatic rings. The van der Waals surface area contributed by atoms with E-state index < -0.39 is 70.0 Å². The van der Waals surface area contributed by atoms with Crippen LogP contribution in [-0.4, -0.2) is 92.9 Å². The third-order valence-corrected chi connectivity index (χ3v) is 14.2. The molecule has 0 saturated heterocycles. The number of fused-ring (bicyclic) bond motifs is 4. The molecule has 16 nitrogen and oxygen atoms in total. The number of aliphatic carboxylic acids is 4. The van der Waals surface area contributed by atoms with Gasteiger partial charge in [-0.2, -0.15) is 0 Å². The van der Waals surface area contributed by atoms with E-state index in [1.54, 1.807) is 27.7 Å². The van der Waals surface area contributed by atoms with Gasteiger partial charge in [0.2, 0.25) is 0 Å². The third-order valence-electron chi connectivity index (χ3n) is 14.2. The van der Waals surface area contributed by atoms with Gasteiger partial charge in [0.25, 0.3) is 26.2 Å². The summed E-state index contributed by atoms with van der Waals surface area (Å²) in [5.74, 6) is -2.62. The van der Waals surface area contributed by atoms with Crippen LogP contribution in [-0.2, 0) is 36.2 Å². The SMILES string of the molecule is [C-]#[N+]CC(C)(C)Oc1ccc2cc([C@H](C)C(=O)O)ccc2c1.[C-]#[N+]CC(C)(C)Oc1ccc2cc([C@H](C)C(=O)O)ccc2c1.[C-]#[N+]CC(C)(C)Oc1ccc2cc([C@H](C)C(=O)O)ccc2c1.[C-]#[N+]CC(C)(C)Oc1ccc2cc([C@H](C)C(=O)O)ccc2c1.[Cu]. The second kappa shape index (κ2) is 31.3. The fraction of sp³-hybridized carbons (Fsp3) is 0.333. The standard InChI is InChI=1S/4C18H19NO3.Cu/c4*1-12(17(20)21)13-5-6-15-10-16(8-7-14(15)9-13)22-18(2,3)11-19-4;/h4*5-10,12H,11H2,1-3H3,(H,20,21);/t4*12-;/m0000./s1. The van der Waals surface area contributed by atoms with Crippen LogP contribution in [0.2, 0.25) is 0 Å². The molecule has 0 aliphatic rings. The zero-order valence-electron chi connectivity index (χ0n) is 52.1. The van der Waals surface area contributed by atoms with Crippen LogP contribution in [0.25, 0.3) is 62.5 Å². The van der Waals surface area contributed by atoms with Gasteiger partial charge in [0.1, 0.15) is 23.0 Å². The molecule has 0 amide bonds. The van der Waals surface area contributed by atoms with Crippen molar-refractivity contribution >= 4 is 67.0 Å². The number of carbonyl (C=O) groups is 4. The zero-order valence-corrected chi connectivity index (χ0v) is 53.1. The second-order valence-electron chi connectivity index (χ2n) is 24.0. The monoisotopic (exact) mass is 1250 g/mol. The van der Waals surface area contributed by atoms with E-state index in [1.165, 1.54) is 0 Å². The number of nitrogens with zero attached hydrogens (tertiary/aromatic N) is 4. The molecule has 467 valence electrons. The molecule has 4 atom stereocenters. The normalized spacial score (nSPS) is 12.5. The van der Waals surface area contributed by atoms with Crippen molar-refractivity contribution in [3.63, 3.8) is 0 Å². The number of carboxylic acids is 4. The van der Waals surface area contributed by atoms with E-state index in [0.29, 0.717) is 49.2 Å². The van der Waals surface area contributed by atoms with E-state index in [4.69, 9.17) is 65.7 Å². The van der Waals surface area contributed by atoms with Gasteiger partial charge in [0.05, 0.1) is 23.7 Å². The molecule has 8 rings (SSSR count). The number of rotatable bonds is 20. The van der Waals surface area contributed by atoms with Crippen LogP contribution in [0.1, 0.15) is 129 Å². The van der Waals surface area contributed by atoms with Crippen molar-refractivity contribution < 1.29 is 75.6 Å². The minimum absolute atomic E-state index is 0. The summed E-state index contributed by atoms with van der Waals surface area (Å²) in [6, 6.07) is 45.2. The Morgan fingerprint density at radius 1 is 0.326 bits per heavy atom. The topological polar surface area (TPSA) is 204 Å². The molecule has 0 aromatic heterocycles. The van der Waals surface area contributed by atoms with Gasteiger partial charge in [-0.3, -0.25) is 19.2 Å². The van der Waals surface area contributed by atoms with Crippen molar-refractivity contribution in [1.29, 1.82) is 0 Å². The summed E-state index contributed by atoms with van der Waals surface area (Å²) in [7, 11) is 0. The van der Waals surface area contributed by atoms with Crippen molar-refractivity contribution in [2.75, 3.05) is 26.2 Å². The smallest absolute Gasteiger partial charge is 0.310 e. The largest absolute Gasteiger partial charge is 0.481 e. The summed E-state index contributed by atoms with van der Waals surface area (Å²) in [6.07, 6.45) is 0. The van der Waals surface area contributed by atoms with Gasteiger partial charge < -0.3 is 58.8 Å². The van der Waals surface area contributed by atoms with Crippen molar-refractivity contribution in [1.82, 2.24) is 0 Å². The van der Waals surface area contributed by atoms with Gasteiger partial charge in [0.15, 0.2) is 22.4 Å². The number of carboxylic acid groups (broad SMARTS) is 4. The van der Waals surface area contributed by atoms with E-state index in [1.807, 2.05) is 201 Å². The minimum atomic E-state index is -0.833. The van der Waals surface area contributed by atoms with E-state index in [-0.39, 0.29) is 17.1 Å². The van der Waals surface area contributed by atoms with E-state index in [9.17, 15) is 19.2 Å². The average Bonchev–Trinajstić information content (AvgIpc) is 2.63. The number of ether oxygens (including phenoxy) is 4. The summed E-state index contributed by atoms with van der Waals surface area (Å²) >= 11 is 0. The molecule has 0 bridgehead atoms. The summed E-state index contributed by atoms with van der Waals surface area (Å²) in [6.45, 7) is 50.7. The molecule has 0 heterocycles. The van der Waals surface area contributed by atoms with Gasteiger partial charge in [-0.05, 0) is 197 Å². The maximum Gasteiger partial charge on any atom is 0.310 e. The fourth-order valence-corrected chi connectivity index (χ4v) is 9.04. The molecule has 0 unspecified atom stereocenters. The number of benzene rings is 8. The Balaban J connectivity index is 0.000000253. The molecule has 0 aliphatic carbocycles. The zero-order chi connectivity index (χ0) is 65.3. The molecule has 0 fully saturated rings. The molecule has 89 heavy (non-hydrogen) atoms. The summed E-state index contributed by atoms with van der Waals surface area (Å²) in [4.78, 5) is 57.8. The first-order chi connectivity index (χ1) is 41.3.